The van der Waals surface area contributed by atoms with Crippen molar-refractivity contribution < 1.29 is 19.1 Å². The molecular formula is C23H23NO4. The van der Waals surface area contributed by atoms with Crippen LogP contribution in [-0.2, 0) is 25.5 Å². The third-order valence-corrected chi connectivity index (χ3v) is 4.73. The second-order valence-corrected chi connectivity index (χ2v) is 6.64. The fourth-order valence-electron chi connectivity index (χ4n) is 3.35. The topological polar surface area (TPSA) is 63.7 Å². The van der Waals surface area contributed by atoms with Crippen molar-refractivity contribution in [3.63, 3.8) is 0 Å². The largest absolute Gasteiger partial charge is 0.466 e. The van der Waals surface area contributed by atoms with E-state index < -0.39 is 0 Å². The van der Waals surface area contributed by atoms with Crippen molar-refractivity contribution in [2.75, 3.05) is 6.61 Å². The average Bonchev–Trinajstić information content (AvgIpc) is 3.05. The molecule has 1 unspecified atom stereocenters. The lowest BCUT2D eigenvalue weighted by Gasteiger charge is -2.26. The maximum Gasteiger partial charge on any atom is 0.305 e. The van der Waals surface area contributed by atoms with Crippen LogP contribution in [-0.4, -0.2) is 35.3 Å². The van der Waals surface area contributed by atoms with Gasteiger partial charge in [-0.3, -0.25) is 19.3 Å². The standard InChI is InChI=1S/C23H23NO4/c1-2-28-23(27)15-12-20(24-21(25)13-14-22(24)26)16-17-8-10-19(11-9-17)18-6-4-3-5-7-18/h3-11,13-14,20H,2,12,15-16H2,1H3. The van der Waals surface area contributed by atoms with Gasteiger partial charge in [0.1, 0.15) is 0 Å². The second-order valence-electron chi connectivity index (χ2n) is 6.64. The number of esters is 1. The van der Waals surface area contributed by atoms with Crippen LogP contribution in [0.2, 0.25) is 0 Å². The van der Waals surface area contributed by atoms with Crippen LogP contribution in [0.4, 0.5) is 0 Å². The third kappa shape index (κ3) is 4.74. The van der Waals surface area contributed by atoms with Crippen LogP contribution < -0.4 is 0 Å². The van der Waals surface area contributed by atoms with E-state index in [0.717, 1.165) is 16.7 Å². The van der Waals surface area contributed by atoms with Gasteiger partial charge in [-0.05, 0) is 36.5 Å². The van der Waals surface area contributed by atoms with Gasteiger partial charge in [-0.1, -0.05) is 54.6 Å². The molecule has 1 aliphatic rings. The highest BCUT2D eigenvalue weighted by molar-refractivity contribution is 6.13. The molecule has 0 aliphatic carbocycles. The summed E-state index contributed by atoms with van der Waals surface area (Å²) in [6.45, 7) is 2.06. The van der Waals surface area contributed by atoms with Gasteiger partial charge in [-0.15, -0.1) is 0 Å². The molecule has 1 atom stereocenters. The van der Waals surface area contributed by atoms with Gasteiger partial charge in [0.2, 0.25) is 0 Å². The van der Waals surface area contributed by atoms with E-state index in [1.54, 1.807) is 6.92 Å². The Bertz CT molecular complexity index is 853. The van der Waals surface area contributed by atoms with Crippen molar-refractivity contribution in [1.29, 1.82) is 0 Å². The van der Waals surface area contributed by atoms with E-state index in [2.05, 4.69) is 0 Å². The molecule has 0 spiro atoms. The number of nitrogens with zero attached hydrogens (tertiary/aromatic N) is 1. The van der Waals surface area contributed by atoms with Crippen LogP contribution in [0.3, 0.4) is 0 Å². The van der Waals surface area contributed by atoms with Crippen molar-refractivity contribution >= 4 is 17.8 Å². The van der Waals surface area contributed by atoms with E-state index in [-0.39, 0.29) is 30.2 Å². The quantitative estimate of drug-likeness (QED) is 0.521. The van der Waals surface area contributed by atoms with E-state index >= 15 is 0 Å². The van der Waals surface area contributed by atoms with Gasteiger partial charge < -0.3 is 4.74 Å². The molecule has 5 nitrogen and oxygen atoms in total. The highest BCUT2D eigenvalue weighted by atomic mass is 16.5. The SMILES string of the molecule is CCOC(=O)CCC(Cc1ccc(-c2ccccc2)cc1)N1C(=O)C=CC1=O. The molecule has 0 fully saturated rings. The molecule has 0 bridgehead atoms. The molecular weight excluding hydrogens is 354 g/mol. The van der Waals surface area contributed by atoms with Crippen molar-refractivity contribution in [2.24, 2.45) is 0 Å². The molecule has 3 rings (SSSR count). The number of benzene rings is 2. The molecule has 144 valence electrons. The van der Waals surface area contributed by atoms with E-state index in [0.29, 0.717) is 19.4 Å². The van der Waals surface area contributed by atoms with Crippen LogP contribution in [0.5, 0.6) is 0 Å². The van der Waals surface area contributed by atoms with Gasteiger partial charge in [-0.2, -0.15) is 0 Å². The first kappa shape index (κ1) is 19.5. The number of carbonyl (C=O) groups is 3. The average molecular weight is 377 g/mol. The Kier molecular flexibility index (Phi) is 6.37. The number of imide groups is 1. The second kappa shape index (κ2) is 9.13. The lowest BCUT2D eigenvalue weighted by Crippen LogP contribution is -2.41. The molecule has 2 amide bonds. The maximum atomic E-state index is 12.1. The molecule has 0 N–H and O–H groups in total. The van der Waals surface area contributed by atoms with E-state index in [9.17, 15) is 14.4 Å². The number of hydrogen-bond acceptors (Lipinski definition) is 4. The van der Waals surface area contributed by atoms with Crippen molar-refractivity contribution in [1.82, 2.24) is 4.90 Å². The Morgan fingerprint density at radius 2 is 1.54 bits per heavy atom. The summed E-state index contributed by atoms with van der Waals surface area (Å²) in [5.41, 5.74) is 3.23. The highest BCUT2D eigenvalue weighted by Crippen LogP contribution is 2.22. The zero-order valence-electron chi connectivity index (χ0n) is 15.8. The molecule has 2 aromatic carbocycles. The number of rotatable bonds is 8. The Morgan fingerprint density at radius 3 is 2.14 bits per heavy atom. The van der Waals surface area contributed by atoms with Gasteiger partial charge in [-0.25, -0.2) is 0 Å². The summed E-state index contributed by atoms with van der Waals surface area (Å²) in [5, 5.41) is 0. The Labute approximate surface area is 164 Å². The summed E-state index contributed by atoms with van der Waals surface area (Å²) >= 11 is 0. The first-order valence-corrected chi connectivity index (χ1v) is 9.43. The molecule has 0 saturated carbocycles. The third-order valence-electron chi connectivity index (χ3n) is 4.73. The summed E-state index contributed by atoms with van der Waals surface area (Å²) in [6.07, 6.45) is 3.58. The molecule has 0 aromatic heterocycles. The van der Waals surface area contributed by atoms with Gasteiger partial charge in [0, 0.05) is 24.6 Å². The number of amides is 2. The Morgan fingerprint density at radius 1 is 0.929 bits per heavy atom. The zero-order valence-corrected chi connectivity index (χ0v) is 15.8. The summed E-state index contributed by atoms with van der Waals surface area (Å²) in [7, 11) is 0. The zero-order chi connectivity index (χ0) is 19.9. The van der Waals surface area contributed by atoms with Gasteiger partial charge in [0.25, 0.3) is 11.8 Å². The summed E-state index contributed by atoms with van der Waals surface area (Å²) in [5.74, 6) is -0.987. The lowest BCUT2D eigenvalue weighted by atomic mass is 9.97. The Balaban J connectivity index is 1.74. The molecule has 0 saturated heterocycles. The molecule has 28 heavy (non-hydrogen) atoms. The normalized spacial score (nSPS) is 14.4. The lowest BCUT2D eigenvalue weighted by molar-refractivity contribution is -0.146. The summed E-state index contributed by atoms with van der Waals surface area (Å²) in [4.78, 5) is 37.2. The van der Waals surface area contributed by atoms with Crippen LogP contribution in [0.1, 0.15) is 25.3 Å². The van der Waals surface area contributed by atoms with Crippen LogP contribution in [0.25, 0.3) is 11.1 Å². The first-order valence-electron chi connectivity index (χ1n) is 9.43. The molecule has 1 heterocycles. The van der Waals surface area contributed by atoms with E-state index in [1.165, 1.54) is 17.1 Å². The molecule has 1 aliphatic heterocycles. The number of ether oxygens (including phenoxy) is 1. The summed E-state index contributed by atoms with van der Waals surface area (Å²) in [6, 6.07) is 17.7. The fraction of sp³-hybridized carbons (Fsp3) is 0.261. The maximum absolute atomic E-state index is 12.1. The molecule has 0 radical (unpaired) electrons. The van der Waals surface area contributed by atoms with Crippen LogP contribution in [0, 0.1) is 0 Å². The highest BCUT2D eigenvalue weighted by Gasteiger charge is 2.31. The van der Waals surface area contributed by atoms with Gasteiger partial charge >= 0.3 is 5.97 Å². The minimum absolute atomic E-state index is 0.164. The monoisotopic (exact) mass is 377 g/mol. The molecule has 5 heteroatoms. The summed E-state index contributed by atoms with van der Waals surface area (Å²) < 4.78 is 4.98. The van der Waals surface area contributed by atoms with Gasteiger partial charge in [0.05, 0.1) is 6.61 Å². The first-order chi connectivity index (χ1) is 13.6. The molecule has 2 aromatic rings. The van der Waals surface area contributed by atoms with E-state index in [4.69, 9.17) is 4.74 Å². The van der Waals surface area contributed by atoms with Crippen LogP contribution >= 0.6 is 0 Å². The number of carbonyl (C=O) groups excluding carboxylic acids is 3. The fourth-order valence-corrected chi connectivity index (χ4v) is 3.35. The van der Waals surface area contributed by atoms with Crippen molar-refractivity contribution in [3.8, 4) is 11.1 Å². The predicted molar refractivity (Wildman–Crippen MR) is 106 cm³/mol. The van der Waals surface area contributed by atoms with E-state index in [1.807, 2.05) is 54.6 Å². The number of hydrogen-bond donors (Lipinski definition) is 0. The van der Waals surface area contributed by atoms with Gasteiger partial charge in [0.15, 0.2) is 0 Å². The minimum atomic E-state index is -0.387. The Hall–Kier alpha value is -3.21. The van der Waals surface area contributed by atoms with Crippen LogP contribution in [0.15, 0.2) is 66.7 Å². The minimum Gasteiger partial charge on any atom is -0.466 e. The predicted octanol–water partition coefficient (Wildman–Crippen LogP) is 3.53. The smallest absolute Gasteiger partial charge is 0.305 e. The van der Waals surface area contributed by atoms with Crippen molar-refractivity contribution in [2.45, 2.75) is 32.2 Å². The van der Waals surface area contributed by atoms with Crippen molar-refractivity contribution in [3.05, 3.63) is 72.3 Å².